The highest BCUT2D eigenvalue weighted by molar-refractivity contribution is 5.91. The van der Waals surface area contributed by atoms with Crippen LogP contribution in [0.3, 0.4) is 0 Å². The van der Waals surface area contributed by atoms with Crippen molar-refractivity contribution in [2.45, 2.75) is 32.1 Å². The first-order valence-electron chi connectivity index (χ1n) is 6.96. The lowest BCUT2D eigenvalue weighted by molar-refractivity contribution is -0.116. The number of carbonyl (C=O) groups is 1. The van der Waals surface area contributed by atoms with Crippen LogP contribution in [0, 0.1) is 11.7 Å². The van der Waals surface area contributed by atoms with Crippen LogP contribution in [0.2, 0.25) is 0 Å². The zero-order chi connectivity index (χ0) is 13.5. The largest absolute Gasteiger partial charge is 0.352 e. The minimum Gasteiger partial charge on any atom is -0.352 e. The first-order valence-corrected chi connectivity index (χ1v) is 6.96. The van der Waals surface area contributed by atoms with Crippen LogP contribution in [0.15, 0.2) is 30.3 Å². The highest BCUT2D eigenvalue weighted by atomic mass is 19.1. The van der Waals surface area contributed by atoms with Gasteiger partial charge in [-0.05, 0) is 30.9 Å². The predicted molar refractivity (Wildman–Crippen MR) is 75.0 cm³/mol. The number of rotatable bonds is 4. The third-order valence-corrected chi connectivity index (χ3v) is 3.61. The Balaban J connectivity index is 1.79. The summed E-state index contributed by atoms with van der Waals surface area (Å²) < 4.78 is 13.3. The van der Waals surface area contributed by atoms with Crippen LogP contribution in [-0.4, -0.2) is 12.5 Å². The number of halogens is 1. The topological polar surface area (TPSA) is 29.1 Å². The van der Waals surface area contributed by atoms with Crippen LogP contribution < -0.4 is 5.32 Å². The lowest BCUT2D eigenvalue weighted by atomic mass is 9.89. The van der Waals surface area contributed by atoms with E-state index in [1.165, 1.54) is 50.3 Å². The van der Waals surface area contributed by atoms with Gasteiger partial charge in [0, 0.05) is 18.2 Å². The molecule has 0 spiro atoms. The molecule has 102 valence electrons. The molecule has 0 atom stereocenters. The Bertz CT molecular complexity index is 450. The normalized spacial score (nSPS) is 16.7. The van der Waals surface area contributed by atoms with Crippen LogP contribution in [-0.2, 0) is 4.79 Å². The summed E-state index contributed by atoms with van der Waals surface area (Å²) in [6.45, 7) is 0.737. The van der Waals surface area contributed by atoms with Gasteiger partial charge >= 0.3 is 0 Å². The van der Waals surface area contributed by atoms with Gasteiger partial charge in [0.15, 0.2) is 0 Å². The van der Waals surface area contributed by atoms with E-state index in [0.717, 1.165) is 6.54 Å². The fourth-order valence-electron chi connectivity index (χ4n) is 2.47. The molecular formula is C16H20FNO. The first-order chi connectivity index (χ1) is 9.25. The number of benzene rings is 1. The third-order valence-electron chi connectivity index (χ3n) is 3.61. The summed E-state index contributed by atoms with van der Waals surface area (Å²) in [5.74, 6) is 0.159. The van der Waals surface area contributed by atoms with Crippen molar-refractivity contribution in [3.63, 3.8) is 0 Å². The molecule has 0 heterocycles. The van der Waals surface area contributed by atoms with Crippen molar-refractivity contribution >= 4 is 12.0 Å². The number of hydrogen-bond acceptors (Lipinski definition) is 1. The highest BCUT2D eigenvalue weighted by Gasteiger charge is 2.13. The van der Waals surface area contributed by atoms with Gasteiger partial charge in [-0.15, -0.1) is 0 Å². The van der Waals surface area contributed by atoms with Crippen molar-refractivity contribution < 1.29 is 9.18 Å². The van der Waals surface area contributed by atoms with Gasteiger partial charge in [0.05, 0.1) is 0 Å². The zero-order valence-corrected chi connectivity index (χ0v) is 11.1. The van der Waals surface area contributed by atoms with Crippen molar-refractivity contribution in [2.24, 2.45) is 5.92 Å². The Labute approximate surface area is 113 Å². The van der Waals surface area contributed by atoms with E-state index in [-0.39, 0.29) is 11.7 Å². The Kier molecular flexibility index (Phi) is 5.13. The summed E-state index contributed by atoms with van der Waals surface area (Å²) in [4.78, 5) is 11.6. The Hall–Kier alpha value is -1.64. The average molecular weight is 261 g/mol. The van der Waals surface area contributed by atoms with Crippen LogP contribution >= 0.6 is 0 Å². The molecule has 0 aliphatic heterocycles. The van der Waals surface area contributed by atoms with Gasteiger partial charge in [-0.3, -0.25) is 4.79 Å². The van der Waals surface area contributed by atoms with Gasteiger partial charge in [-0.25, -0.2) is 4.39 Å². The molecule has 1 aromatic carbocycles. The molecule has 0 radical (unpaired) electrons. The van der Waals surface area contributed by atoms with E-state index in [9.17, 15) is 9.18 Å². The van der Waals surface area contributed by atoms with Crippen molar-refractivity contribution in [1.29, 1.82) is 0 Å². The van der Waals surface area contributed by atoms with E-state index in [1.807, 2.05) is 0 Å². The maximum absolute atomic E-state index is 13.3. The summed E-state index contributed by atoms with van der Waals surface area (Å²) in [7, 11) is 0. The van der Waals surface area contributed by atoms with Gasteiger partial charge in [-0.1, -0.05) is 37.5 Å². The van der Waals surface area contributed by atoms with Crippen molar-refractivity contribution in [1.82, 2.24) is 5.32 Å². The van der Waals surface area contributed by atoms with E-state index in [1.54, 1.807) is 18.2 Å². The number of hydrogen-bond donors (Lipinski definition) is 1. The standard InChI is InChI=1S/C16H20FNO/c17-15-9-5-4-8-14(15)10-11-16(19)18-12-13-6-2-1-3-7-13/h4-5,8-11,13H,1-3,6-7,12H2,(H,18,19)/b11-10+. The summed E-state index contributed by atoms with van der Waals surface area (Å²) in [6.07, 6.45) is 9.19. The number of nitrogens with one attached hydrogen (secondary N) is 1. The van der Waals surface area contributed by atoms with Crippen molar-refractivity contribution in [3.05, 3.63) is 41.7 Å². The molecule has 1 N–H and O–H groups in total. The Morgan fingerprint density at radius 2 is 2.00 bits per heavy atom. The maximum Gasteiger partial charge on any atom is 0.244 e. The SMILES string of the molecule is O=C(/C=C/c1ccccc1F)NCC1CCCCC1. The van der Waals surface area contributed by atoms with Crippen LogP contribution in [0.4, 0.5) is 4.39 Å². The Morgan fingerprint density at radius 1 is 1.26 bits per heavy atom. The summed E-state index contributed by atoms with van der Waals surface area (Å²) in [5, 5.41) is 2.89. The molecule has 0 unspecified atom stereocenters. The molecule has 2 rings (SSSR count). The first kappa shape index (κ1) is 13.8. The van der Waals surface area contributed by atoms with Gasteiger partial charge < -0.3 is 5.32 Å². The fourth-order valence-corrected chi connectivity index (χ4v) is 2.47. The molecular weight excluding hydrogens is 241 g/mol. The lowest BCUT2D eigenvalue weighted by Gasteiger charge is -2.21. The minimum atomic E-state index is -0.307. The summed E-state index contributed by atoms with van der Waals surface area (Å²) in [6, 6.07) is 6.43. The molecule has 1 amide bonds. The molecule has 1 aromatic rings. The van der Waals surface area contributed by atoms with Crippen molar-refractivity contribution in [2.75, 3.05) is 6.54 Å². The van der Waals surface area contributed by atoms with Gasteiger partial charge in [0.1, 0.15) is 5.82 Å². The molecule has 1 aliphatic rings. The molecule has 2 nitrogen and oxygen atoms in total. The molecule has 1 fully saturated rings. The number of amides is 1. The highest BCUT2D eigenvalue weighted by Crippen LogP contribution is 2.22. The quantitative estimate of drug-likeness (QED) is 0.825. The van der Waals surface area contributed by atoms with Crippen molar-refractivity contribution in [3.8, 4) is 0 Å². The van der Waals surface area contributed by atoms with E-state index >= 15 is 0 Å². The molecule has 1 aliphatic carbocycles. The van der Waals surface area contributed by atoms with E-state index < -0.39 is 0 Å². The summed E-state index contributed by atoms with van der Waals surface area (Å²) in [5.41, 5.74) is 0.440. The lowest BCUT2D eigenvalue weighted by Crippen LogP contribution is -2.28. The van der Waals surface area contributed by atoms with E-state index in [2.05, 4.69) is 5.32 Å². The number of carbonyl (C=O) groups excluding carboxylic acids is 1. The monoisotopic (exact) mass is 261 g/mol. The predicted octanol–water partition coefficient (Wildman–Crippen LogP) is 3.54. The van der Waals surface area contributed by atoms with Crippen LogP contribution in [0.25, 0.3) is 6.08 Å². The minimum absolute atomic E-state index is 0.145. The smallest absolute Gasteiger partial charge is 0.244 e. The second kappa shape index (κ2) is 7.07. The zero-order valence-electron chi connectivity index (χ0n) is 11.1. The molecule has 0 bridgehead atoms. The van der Waals surface area contributed by atoms with E-state index in [0.29, 0.717) is 11.5 Å². The summed E-state index contributed by atoms with van der Waals surface area (Å²) >= 11 is 0. The average Bonchev–Trinajstić information content (AvgIpc) is 2.45. The third kappa shape index (κ3) is 4.51. The van der Waals surface area contributed by atoms with Crippen LogP contribution in [0.5, 0.6) is 0 Å². The fraction of sp³-hybridized carbons (Fsp3) is 0.438. The Morgan fingerprint density at radius 3 is 2.74 bits per heavy atom. The van der Waals surface area contributed by atoms with Gasteiger partial charge in [0.2, 0.25) is 5.91 Å². The van der Waals surface area contributed by atoms with E-state index in [4.69, 9.17) is 0 Å². The second-order valence-electron chi connectivity index (χ2n) is 5.10. The molecule has 3 heteroatoms. The van der Waals surface area contributed by atoms with Crippen LogP contribution in [0.1, 0.15) is 37.7 Å². The van der Waals surface area contributed by atoms with Gasteiger partial charge in [-0.2, -0.15) is 0 Å². The van der Waals surface area contributed by atoms with Gasteiger partial charge in [0.25, 0.3) is 0 Å². The maximum atomic E-state index is 13.3. The second-order valence-corrected chi connectivity index (χ2v) is 5.10. The molecule has 19 heavy (non-hydrogen) atoms. The molecule has 1 saturated carbocycles. The molecule has 0 saturated heterocycles. The molecule has 0 aromatic heterocycles.